The Morgan fingerprint density at radius 1 is 1.10 bits per heavy atom. The maximum Gasteiger partial charge on any atom is 0.261 e. The van der Waals surface area contributed by atoms with Crippen molar-refractivity contribution in [1.82, 2.24) is 20.1 Å². The monoisotopic (exact) mass is 299 g/mol. The van der Waals surface area contributed by atoms with E-state index in [4.69, 9.17) is 10.3 Å². The van der Waals surface area contributed by atoms with Crippen molar-refractivity contribution < 1.29 is 4.52 Å². The zero-order valence-corrected chi connectivity index (χ0v) is 12.1. The molecule has 2 N–H and O–H groups in total. The molecule has 3 aromatic heterocycles. The number of hydrogen-bond donors (Lipinski definition) is 1. The summed E-state index contributed by atoms with van der Waals surface area (Å²) in [4.78, 5) is 14.0. The Morgan fingerprint density at radius 3 is 2.76 bits per heavy atom. The normalized spacial score (nSPS) is 14.1. The van der Waals surface area contributed by atoms with E-state index in [-0.39, 0.29) is 0 Å². The number of hydrogen-bond acceptors (Lipinski definition) is 7. The molecule has 21 heavy (non-hydrogen) atoms. The van der Waals surface area contributed by atoms with Gasteiger partial charge in [-0.3, -0.25) is 0 Å². The molecule has 6 nitrogen and oxygen atoms in total. The van der Waals surface area contributed by atoms with Crippen LogP contribution in [0.15, 0.2) is 23.0 Å². The summed E-state index contributed by atoms with van der Waals surface area (Å²) in [5.41, 5.74) is 8.34. The Kier molecular flexibility index (Phi) is 2.92. The number of nitrogens with two attached hydrogens (primary N) is 1. The topological polar surface area (TPSA) is 90.7 Å². The van der Waals surface area contributed by atoms with Crippen LogP contribution in [0.1, 0.15) is 23.3 Å². The molecule has 0 aliphatic heterocycles. The minimum atomic E-state index is 0.390. The number of rotatable bonds is 2. The average Bonchev–Trinajstić information content (AvgIpc) is 3.11. The first-order chi connectivity index (χ1) is 10.3. The molecule has 1 aliphatic carbocycles. The molecule has 0 bridgehead atoms. The molecule has 0 amide bonds. The van der Waals surface area contributed by atoms with Crippen LogP contribution in [0.3, 0.4) is 0 Å². The quantitative estimate of drug-likeness (QED) is 0.782. The van der Waals surface area contributed by atoms with Gasteiger partial charge >= 0.3 is 0 Å². The summed E-state index contributed by atoms with van der Waals surface area (Å²) in [6.07, 6.45) is 7.82. The maximum absolute atomic E-state index is 6.16. The molecule has 0 aromatic carbocycles. The molecule has 0 radical (unpaired) electrons. The van der Waals surface area contributed by atoms with E-state index in [2.05, 4.69) is 20.1 Å². The number of anilines is 1. The second-order valence-corrected chi connectivity index (χ2v) is 6.08. The first-order valence-electron chi connectivity index (χ1n) is 6.84. The van der Waals surface area contributed by atoms with E-state index in [0.29, 0.717) is 17.5 Å². The lowest BCUT2D eigenvalue weighted by atomic mass is 9.95. The lowest BCUT2D eigenvalue weighted by molar-refractivity contribution is 0.431. The van der Waals surface area contributed by atoms with Crippen LogP contribution in [0.4, 0.5) is 5.00 Å². The van der Waals surface area contributed by atoms with Crippen LogP contribution in [0, 0.1) is 0 Å². The molecule has 0 fully saturated rings. The molecule has 0 unspecified atom stereocenters. The molecule has 106 valence electrons. The molecular formula is C14H13N5OS. The smallest absolute Gasteiger partial charge is 0.261 e. The molecule has 4 rings (SSSR count). The Labute approximate surface area is 125 Å². The van der Waals surface area contributed by atoms with Gasteiger partial charge in [0.2, 0.25) is 11.6 Å². The van der Waals surface area contributed by atoms with Gasteiger partial charge < -0.3 is 10.3 Å². The highest BCUT2D eigenvalue weighted by Crippen LogP contribution is 2.42. The van der Waals surface area contributed by atoms with Crippen LogP contribution < -0.4 is 5.73 Å². The van der Waals surface area contributed by atoms with Gasteiger partial charge in [0.05, 0.1) is 10.6 Å². The number of nitrogens with zero attached hydrogens (tertiary/aromatic N) is 4. The summed E-state index contributed by atoms with van der Waals surface area (Å²) in [6.45, 7) is 0. The second kappa shape index (κ2) is 4.92. The van der Waals surface area contributed by atoms with Gasteiger partial charge in [-0.05, 0) is 37.3 Å². The summed E-state index contributed by atoms with van der Waals surface area (Å²) < 4.78 is 5.40. The van der Waals surface area contributed by atoms with Crippen molar-refractivity contribution in [1.29, 1.82) is 0 Å². The van der Waals surface area contributed by atoms with Crippen LogP contribution in [0.2, 0.25) is 0 Å². The minimum Gasteiger partial charge on any atom is -0.390 e. The van der Waals surface area contributed by atoms with Gasteiger partial charge in [0.25, 0.3) is 5.89 Å². The fraction of sp³-hybridized carbons (Fsp3) is 0.286. The van der Waals surface area contributed by atoms with Crippen molar-refractivity contribution in [3.05, 3.63) is 28.9 Å². The molecule has 3 aromatic rings. The molecule has 0 atom stereocenters. The van der Waals surface area contributed by atoms with Gasteiger partial charge in [0.15, 0.2) is 0 Å². The van der Waals surface area contributed by atoms with Crippen LogP contribution in [0.5, 0.6) is 0 Å². The Balaban J connectivity index is 1.78. The van der Waals surface area contributed by atoms with Gasteiger partial charge in [0.1, 0.15) is 0 Å². The highest BCUT2D eigenvalue weighted by molar-refractivity contribution is 7.16. The third-order valence-electron chi connectivity index (χ3n) is 3.60. The second-order valence-electron chi connectivity index (χ2n) is 4.95. The van der Waals surface area contributed by atoms with Gasteiger partial charge in [-0.25, -0.2) is 9.97 Å². The molecule has 7 heteroatoms. The lowest BCUT2D eigenvalue weighted by Gasteiger charge is -2.10. The zero-order valence-electron chi connectivity index (χ0n) is 11.2. The van der Waals surface area contributed by atoms with Crippen molar-refractivity contribution in [3.8, 4) is 23.1 Å². The number of nitrogen functional groups attached to an aromatic ring is 1. The van der Waals surface area contributed by atoms with Crippen molar-refractivity contribution in [2.45, 2.75) is 25.7 Å². The summed E-state index contributed by atoms with van der Waals surface area (Å²) in [5.74, 6) is 1.31. The first kappa shape index (κ1) is 12.5. The van der Waals surface area contributed by atoms with Gasteiger partial charge in [0, 0.05) is 17.3 Å². The maximum atomic E-state index is 6.16. The number of aryl methyl sites for hydroxylation is 1. The van der Waals surface area contributed by atoms with E-state index in [0.717, 1.165) is 23.4 Å². The third kappa shape index (κ3) is 2.09. The van der Waals surface area contributed by atoms with Crippen molar-refractivity contribution in [2.75, 3.05) is 5.73 Å². The molecule has 1 aliphatic rings. The Hall–Kier alpha value is -2.28. The SMILES string of the molecule is Nc1sc2c(c1-c1nc(-c3ncccn3)no1)CCCC2. The van der Waals surface area contributed by atoms with E-state index < -0.39 is 0 Å². The average molecular weight is 299 g/mol. The third-order valence-corrected chi connectivity index (χ3v) is 4.73. The zero-order chi connectivity index (χ0) is 14.2. The van der Waals surface area contributed by atoms with Crippen LogP contribution in [0.25, 0.3) is 23.1 Å². The lowest BCUT2D eigenvalue weighted by Crippen LogP contribution is -1.99. The van der Waals surface area contributed by atoms with Crippen molar-refractivity contribution >= 4 is 16.3 Å². The predicted octanol–water partition coefficient (Wildman–Crippen LogP) is 2.72. The number of aromatic nitrogens is 4. The molecule has 0 saturated heterocycles. The first-order valence-corrected chi connectivity index (χ1v) is 7.66. The van der Waals surface area contributed by atoms with E-state index in [1.54, 1.807) is 29.8 Å². The number of fused-ring (bicyclic) bond motifs is 1. The predicted molar refractivity (Wildman–Crippen MR) is 79.7 cm³/mol. The highest BCUT2D eigenvalue weighted by Gasteiger charge is 2.24. The molecule has 0 spiro atoms. The number of thiophene rings is 1. The summed E-state index contributed by atoms with van der Waals surface area (Å²) in [7, 11) is 0. The molecule has 0 saturated carbocycles. The van der Waals surface area contributed by atoms with Gasteiger partial charge in [-0.2, -0.15) is 4.98 Å². The van der Waals surface area contributed by atoms with E-state index in [9.17, 15) is 0 Å². The van der Waals surface area contributed by atoms with Gasteiger partial charge in [-0.1, -0.05) is 5.16 Å². The summed E-state index contributed by atoms with van der Waals surface area (Å²) in [5, 5.41) is 4.73. The fourth-order valence-corrected chi connectivity index (χ4v) is 3.80. The van der Waals surface area contributed by atoms with E-state index >= 15 is 0 Å². The van der Waals surface area contributed by atoms with Crippen molar-refractivity contribution in [3.63, 3.8) is 0 Å². The molecule has 3 heterocycles. The summed E-state index contributed by atoms with van der Waals surface area (Å²) in [6, 6.07) is 1.75. The summed E-state index contributed by atoms with van der Waals surface area (Å²) >= 11 is 1.64. The van der Waals surface area contributed by atoms with E-state index in [1.165, 1.54) is 23.3 Å². The Morgan fingerprint density at radius 2 is 1.90 bits per heavy atom. The largest absolute Gasteiger partial charge is 0.390 e. The van der Waals surface area contributed by atoms with Crippen LogP contribution in [-0.2, 0) is 12.8 Å². The Bertz CT molecular complexity index is 780. The minimum absolute atomic E-state index is 0.390. The van der Waals surface area contributed by atoms with Crippen LogP contribution in [-0.4, -0.2) is 20.1 Å². The molecular weight excluding hydrogens is 286 g/mol. The fourth-order valence-electron chi connectivity index (χ4n) is 2.65. The standard InChI is InChI=1S/C14H13N5OS/c15-11-10(8-4-1-2-5-9(8)21-11)14-18-13(19-20-14)12-16-6-3-7-17-12/h3,6-7H,1-2,4-5,15H2. The van der Waals surface area contributed by atoms with Crippen molar-refractivity contribution in [2.24, 2.45) is 0 Å². The highest BCUT2D eigenvalue weighted by atomic mass is 32.1. The van der Waals surface area contributed by atoms with E-state index in [1.807, 2.05) is 0 Å². The van der Waals surface area contributed by atoms with Gasteiger partial charge in [-0.15, -0.1) is 11.3 Å². The van der Waals surface area contributed by atoms with Crippen LogP contribution >= 0.6 is 11.3 Å².